The maximum atomic E-state index is 13.9. The topological polar surface area (TPSA) is 104 Å². The summed E-state index contributed by atoms with van der Waals surface area (Å²) < 4.78 is 0. The van der Waals surface area contributed by atoms with Gasteiger partial charge in [0.05, 0.1) is 0 Å². The molecule has 0 N–H and O–H groups in total. The zero-order valence-corrected chi connectivity index (χ0v) is 26.5. The van der Waals surface area contributed by atoms with Crippen molar-refractivity contribution in [3.8, 4) is 0 Å². The minimum absolute atomic E-state index is 0.0323. The second kappa shape index (κ2) is 12.3. The van der Waals surface area contributed by atoms with Gasteiger partial charge in [-0.3, -0.25) is 19.2 Å². The summed E-state index contributed by atoms with van der Waals surface area (Å²) in [5, 5.41) is 0.535. The van der Waals surface area contributed by atoms with Crippen LogP contribution in [0.5, 0.6) is 0 Å². The standard InChI is InChI=1S/C34H37N3O6S/c1-6-44(5)28-20-22(35(2)3)13-15-26(28)33(27-16-14-23(38)21-29(27)44)24-10-7-8-11-25(24)34(42)36(4)19-9-12-32(41)43-37-30(39)17-18-31(37)40/h7-8,10-11,13-16,20-21H,6,9,12,17-19H2,1-5H3. The van der Waals surface area contributed by atoms with Crippen LogP contribution in [0, 0.1) is 0 Å². The van der Waals surface area contributed by atoms with Crippen molar-refractivity contribution in [2.24, 2.45) is 0 Å². The summed E-state index contributed by atoms with van der Waals surface area (Å²) in [6.07, 6.45) is 7.80. The van der Waals surface area contributed by atoms with Gasteiger partial charge in [-0.1, -0.05) is 31.2 Å². The van der Waals surface area contributed by atoms with Crippen molar-refractivity contribution in [1.82, 2.24) is 9.96 Å². The molecule has 3 aliphatic rings. The number of imide groups is 1. The minimum Gasteiger partial charge on any atom is -0.378 e. The highest BCUT2D eigenvalue weighted by atomic mass is 32.3. The first-order valence-electron chi connectivity index (χ1n) is 14.6. The van der Waals surface area contributed by atoms with Gasteiger partial charge in [0.2, 0.25) is 0 Å². The second-order valence-corrected chi connectivity index (χ2v) is 15.0. The summed E-state index contributed by atoms with van der Waals surface area (Å²) >= 11 is 0. The molecule has 1 unspecified atom stereocenters. The monoisotopic (exact) mass is 615 g/mol. The molecule has 2 aromatic rings. The highest BCUT2D eigenvalue weighted by Crippen LogP contribution is 2.68. The number of hydroxylamine groups is 2. The van der Waals surface area contributed by atoms with Crippen molar-refractivity contribution in [2.45, 2.75) is 37.5 Å². The summed E-state index contributed by atoms with van der Waals surface area (Å²) in [4.78, 5) is 73.1. The smallest absolute Gasteiger partial charge is 0.333 e. The Balaban J connectivity index is 1.46. The number of rotatable bonds is 9. The Kier molecular flexibility index (Phi) is 8.65. The Labute approximate surface area is 259 Å². The summed E-state index contributed by atoms with van der Waals surface area (Å²) in [7, 11) is 4.16. The zero-order chi connectivity index (χ0) is 31.8. The van der Waals surface area contributed by atoms with Crippen LogP contribution >= 0.6 is 10.0 Å². The first kappa shape index (κ1) is 31.0. The molecule has 1 saturated heterocycles. The van der Waals surface area contributed by atoms with Crippen LogP contribution in [-0.4, -0.2) is 79.1 Å². The van der Waals surface area contributed by atoms with Crippen molar-refractivity contribution in [3.05, 3.63) is 87.9 Å². The van der Waals surface area contributed by atoms with E-state index in [0.717, 1.165) is 38.6 Å². The average molecular weight is 616 g/mol. The lowest BCUT2D eigenvalue weighted by Gasteiger charge is -2.45. The van der Waals surface area contributed by atoms with E-state index in [0.29, 0.717) is 17.0 Å². The number of amides is 3. The molecule has 1 atom stereocenters. The lowest BCUT2D eigenvalue weighted by molar-refractivity contribution is -0.197. The Hall–Kier alpha value is -4.44. The molecule has 0 saturated carbocycles. The molecular formula is C34H37N3O6S. The van der Waals surface area contributed by atoms with Crippen LogP contribution in [0.4, 0.5) is 5.69 Å². The minimum atomic E-state index is -1.53. The molecule has 2 heterocycles. The van der Waals surface area contributed by atoms with Gasteiger partial charge in [-0.25, -0.2) is 4.79 Å². The average Bonchev–Trinajstić information content (AvgIpc) is 3.33. The van der Waals surface area contributed by atoms with Crippen molar-refractivity contribution >= 4 is 50.8 Å². The number of hydrogen-bond donors (Lipinski definition) is 0. The number of hydrogen-bond acceptors (Lipinski definition) is 7. The van der Waals surface area contributed by atoms with Gasteiger partial charge in [0.1, 0.15) is 0 Å². The van der Waals surface area contributed by atoms with E-state index in [4.69, 9.17) is 4.84 Å². The van der Waals surface area contributed by atoms with Crippen LogP contribution in [0.3, 0.4) is 0 Å². The SMILES string of the molecule is CCS1(C)C2=CC(=O)C=CC2=C(c2ccccc2C(=O)N(C)CCCC(=O)ON2C(=O)CCC2=O)c2ccc(N(C)C)cc21. The molecule has 44 heavy (non-hydrogen) atoms. The summed E-state index contributed by atoms with van der Waals surface area (Å²) in [6, 6.07) is 13.9. The zero-order valence-electron chi connectivity index (χ0n) is 25.7. The molecule has 0 radical (unpaired) electrons. The fraction of sp³-hybridized carbons (Fsp3) is 0.324. The van der Waals surface area contributed by atoms with Gasteiger partial charge < -0.3 is 14.6 Å². The highest BCUT2D eigenvalue weighted by molar-refractivity contribution is 8.36. The normalized spacial score (nSPS) is 20.5. The molecule has 0 aromatic heterocycles. The van der Waals surface area contributed by atoms with Crippen LogP contribution in [0.15, 0.2) is 76.1 Å². The van der Waals surface area contributed by atoms with E-state index >= 15 is 0 Å². The van der Waals surface area contributed by atoms with Gasteiger partial charge in [-0.2, -0.15) is 10.0 Å². The Bertz CT molecular complexity index is 1660. The third-order valence-electron chi connectivity index (χ3n) is 8.37. The van der Waals surface area contributed by atoms with Crippen molar-refractivity contribution in [1.29, 1.82) is 0 Å². The molecule has 1 aliphatic carbocycles. The third kappa shape index (κ3) is 5.61. The van der Waals surface area contributed by atoms with Gasteiger partial charge in [-0.15, -0.1) is 5.06 Å². The molecule has 0 spiro atoms. The van der Waals surface area contributed by atoms with E-state index in [2.05, 4.69) is 36.3 Å². The predicted molar refractivity (Wildman–Crippen MR) is 171 cm³/mol. The number of nitrogens with zero attached hydrogens (tertiary/aromatic N) is 3. The van der Waals surface area contributed by atoms with E-state index in [-0.39, 0.29) is 37.5 Å². The lowest BCUT2D eigenvalue weighted by atomic mass is 9.87. The largest absolute Gasteiger partial charge is 0.378 e. The van der Waals surface area contributed by atoms with Crippen molar-refractivity contribution in [2.75, 3.05) is 44.6 Å². The van der Waals surface area contributed by atoms with Gasteiger partial charge >= 0.3 is 5.97 Å². The van der Waals surface area contributed by atoms with E-state index < -0.39 is 27.8 Å². The van der Waals surface area contributed by atoms with Crippen LogP contribution in [0.25, 0.3) is 5.57 Å². The molecule has 10 heteroatoms. The maximum Gasteiger partial charge on any atom is 0.333 e. The summed E-state index contributed by atoms with van der Waals surface area (Å²) in [6.45, 7) is 2.42. The van der Waals surface area contributed by atoms with Gasteiger partial charge in [0, 0.05) is 68.0 Å². The molecule has 230 valence electrons. The Morgan fingerprint density at radius 1 is 0.955 bits per heavy atom. The van der Waals surface area contributed by atoms with Gasteiger partial charge in [0.25, 0.3) is 17.7 Å². The number of benzene rings is 2. The fourth-order valence-electron chi connectivity index (χ4n) is 5.78. The van der Waals surface area contributed by atoms with E-state index in [1.165, 1.54) is 4.90 Å². The molecule has 0 bridgehead atoms. The van der Waals surface area contributed by atoms with Crippen LogP contribution in [0.2, 0.25) is 0 Å². The Morgan fingerprint density at radius 3 is 2.34 bits per heavy atom. The number of carbonyl (C=O) groups excluding carboxylic acids is 5. The number of fused-ring (bicyclic) bond motifs is 2. The highest BCUT2D eigenvalue weighted by Gasteiger charge is 2.38. The van der Waals surface area contributed by atoms with E-state index in [1.54, 1.807) is 30.2 Å². The summed E-state index contributed by atoms with van der Waals surface area (Å²) in [5.74, 6) is -1.13. The number of allylic oxidation sites excluding steroid dienone is 4. The molecule has 1 fully saturated rings. The van der Waals surface area contributed by atoms with E-state index in [9.17, 15) is 24.0 Å². The van der Waals surface area contributed by atoms with Crippen LogP contribution < -0.4 is 4.90 Å². The van der Waals surface area contributed by atoms with Gasteiger partial charge in [-0.05, 0) is 77.1 Å². The van der Waals surface area contributed by atoms with Gasteiger partial charge in [0.15, 0.2) is 5.78 Å². The third-order valence-corrected chi connectivity index (χ3v) is 12.1. The molecule has 5 rings (SSSR count). The molecule has 2 aliphatic heterocycles. The second-order valence-electron chi connectivity index (χ2n) is 11.4. The lowest BCUT2D eigenvalue weighted by Crippen LogP contribution is -2.33. The molecule has 3 amide bonds. The summed E-state index contributed by atoms with van der Waals surface area (Å²) in [5.41, 5.74) is 5.28. The maximum absolute atomic E-state index is 13.9. The first-order chi connectivity index (χ1) is 21.0. The molecular weight excluding hydrogens is 578 g/mol. The number of anilines is 1. The Morgan fingerprint density at radius 2 is 1.66 bits per heavy atom. The predicted octanol–water partition coefficient (Wildman–Crippen LogP) is 4.86. The van der Waals surface area contributed by atoms with E-state index in [1.807, 2.05) is 38.4 Å². The quantitative estimate of drug-likeness (QED) is 0.371. The van der Waals surface area contributed by atoms with Crippen molar-refractivity contribution in [3.63, 3.8) is 0 Å². The number of carbonyl (C=O) groups is 5. The van der Waals surface area contributed by atoms with Crippen LogP contribution in [0.1, 0.15) is 54.1 Å². The molecule has 2 aromatic carbocycles. The first-order valence-corrected chi connectivity index (χ1v) is 16.8. The fourth-order valence-corrected chi connectivity index (χ4v) is 8.70. The van der Waals surface area contributed by atoms with Crippen LogP contribution in [-0.2, 0) is 24.0 Å². The number of ketones is 1. The van der Waals surface area contributed by atoms with Crippen molar-refractivity contribution < 1.29 is 28.8 Å². The molecule has 9 nitrogen and oxygen atoms in total.